The van der Waals surface area contributed by atoms with E-state index in [9.17, 15) is 8.78 Å². The molecular formula is C14H23F2N3. The summed E-state index contributed by atoms with van der Waals surface area (Å²) in [5.74, 6) is 1.11. The summed E-state index contributed by atoms with van der Waals surface area (Å²) in [6, 6.07) is 0.420. The van der Waals surface area contributed by atoms with Crippen LogP contribution in [0.3, 0.4) is 0 Å². The van der Waals surface area contributed by atoms with Gasteiger partial charge in [0.2, 0.25) is 0 Å². The standard InChI is InChI=1S/C14H23F2N3/c1-2-12(11-6-4-3-5-7-11)18-10-13-17-8-9-19(13)14(15)16/h8-9,11-12,14,18H,2-7,10H2,1H3. The topological polar surface area (TPSA) is 29.9 Å². The van der Waals surface area contributed by atoms with Crippen molar-refractivity contribution in [1.29, 1.82) is 0 Å². The van der Waals surface area contributed by atoms with Crippen LogP contribution in [0.25, 0.3) is 0 Å². The van der Waals surface area contributed by atoms with Gasteiger partial charge in [-0.15, -0.1) is 0 Å². The van der Waals surface area contributed by atoms with Gasteiger partial charge in [-0.05, 0) is 25.2 Å². The van der Waals surface area contributed by atoms with Gasteiger partial charge in [0.1, 0.15) is 5.82 Å². The Bertz CT molecular complexity index is 373. The van der Waals surface area contributed by atoms with Gasteiger partial charge in [-0.1, -0.05) is 26.2 Å². The average Bonchev–Trinajstić information content (AvgIpc) is 2.89. The SMILES string of the molecule is CCC(NCc1nccn1C(F)F)C1CCCCC1. The molecule has 3 nitrogen and oxygen atoms in total. The molecule has 108 valence electrons. The van der Waals surface area contributed by atoms with Gasteiger partial charge < -0.3 is 5.32 Å². The van der Waals surface area contributed by atoms with E-state index in [0.717, 1.165) is 11.0 Å². The van der Waals surface area contributed by atoms with Gasteiger partial charge in [0.15, 0.2) is 0 Å². The van der Waals surface area contributed by atoms with E-state index in [0.29, 0.717) is 24.3 Å². The number of nitrogens with one attached hydrogen (secondary N) is 1. The van der Waals surface area contributed by atoms with Crippen LogP contribution < -0.4 is 5.32 Å². The Balaban J connectivity index is 1.90. The van der Waals surface area contributed by atoms with Crippen LogP contribution in [-0.2, 0) is 6.54 Å². The highest BCUT2D eigenvalue weighted by atomic mass is 19.3. The van der Waals surface area contributed by atoms with Crippen LogP contribution in [-0.4, -0.2) is 15.6 Å². The second kappa shape index (κ2) is 6.98. The number of hydrogen-bond acceptors (Lipinski definition) is 2. The molecule has 0 bridgehead atoms. The Morgan fingerprint density at radius 1 is 1.37 bits per heavy atom. The van der Waals surface area contributed by atoms with Gasteiger partial charge in [0, 0.05) is 18.4 Å². The van der Waals surface area contributed by atoms with Crippen LogP contribution in [0.2, 0.25) is 0 Å². The summed E-state index contributed by atoms with van der Waals surface area (Å²) >= 11 is 0. The highest BCUT2D eigenvalue weighted by Gasteiger charge is 2.22. The summed E-state index contributed by atoms with van der Waals surface area (Å²) in [6.45, 7) is 0.0761. The Kier molecular flexibility index (Phi) is 5.31. The fourth-order valence-corrected chi connectivity index (χ4v) is 3.06. The maximum Gasteiger partial charge on any atom is 0.319 e. The van der Waals surface area contributed by atoms with E-state index in [2.05, 4.69) is 17.2 Å². The van der Waals surface area contributed by atoms with Gasteiger partial charge in [0.05, 0.1) is 6.54 Å². The zero-order valence-electron chi connectivity index (χ0n) is 11.5. The minimum Gasteiger partial charge on any atom is -0.307 e. The Morgan fingerprint density at radius 3 is 2.74 bits per heavy atom. The second-order valence-corrected chi connectivity index (χ2v) is 5.32. The molecule has 1 aliphatic rings. The highest BCUT2D eigenvalue weighted by molar-refractivity contribution is 4.93. The summed E-state index contributed by atoms with van der Waals surface area (Å²) in [7, 11) is 0. The molecule has 1 fully saturated rings. The molecule has 1 heterocycles. The lowest BCUT2D eigenvalue weighted by Crippen LogP contribution is -2.37. The van der Waals surface area contributed by atoms with Gasteiger partial charge >= 0.3 is 6.55 Å². The van der Waals surface area contributed by atoms with E-state index in [1.807, 2.05) is 0 Å². The van der Waals surface area contributed by atoms with E-state index in [1.165, 1.54) is 44.5 Å². The molecule has 0 aliphatic heterocycles. The molecule has 0 amide bonds. The van der Waals surface area contributed by atoms with Crippen LogP contribution in [0.15, 0.2) is 12.4 Å². The quantitative estimate of drug-likeness (QED) is 0.854. The van der Waals surface area contributed by atoms with Crippen LogP contribution in [0.5, 0.6) is 0 Å². The predicted molar refractivity (Wildman–Crippen MR) is 71.0 cm³/mol. The Morgan fingerprint density at radius 2 is 2.11 bits per heavy atom. The zero-order chi connectivity index (χ0) is 13.7. The van der Waals surface area contributed by atoms with E-state index in [-0.39, 0.29) is 0 Å². The zero-order valence-corrected chi connectivity index (χ0v) is 11.5. The molecule has 1 N–H and O–H groups in total. The van der Waals surface area contributed by atoms with Crippen LogP contribution in [0.1, 0.15) is 57.8 Å². The molecule has 1 aromatic rings. The van der Waals surface area contributed by atoms with Crippen molar-refractivity contribution in [2.75, 3.05) is 0 Å². The highest BCUT2D eigenvalue weighted by Crippen LogP contribution is 2.27. The third-order valence-corrected chi connectivity index (χ3v) is 4.14. The van der Waals surface area contributed by atoms with Crippen molar-refractivity contribution in [2.24, 2.45) is 5.92 Å². The molecule has 5 heteroatoms. The lowest BCUT2D eigenvalue weighted by atomic mass is 9.83. The average molecular weight is 271 g/mol. The molecule has 1 unspecified atom stereocenters. The molecule has 19 heavy (non-hydrogen) atoms. The molecule has 2 rings (SSSR count). The molecule has 1 atom stereocenters. The van der Waals surface area contributed by atoms with Gasteiger partial charge in [-0.2, -0.15) is 8.78 Å². The number of alkyl halides is 2. The number of nitrogens with zero attached hydrogens (tertiary/aromatic N) is 2. The first-order valence-electron chi connectivity index (χ1n) is 7.25. The molecular weight excluding hydrogens is 248 g/mol. The van der Waals surface area contributed by atoms with Crippen molar-refractivity contribution in [3.05, 3.63) is 18.2 Å². The van der Waals surface area contributed by atoms with Crippen molar-refractivity contribution in [2.45, 2.75) is 64.6 Å². The third-order valence-electron chi connectivity index (χ3n) is 4.14. The summed E-state index contributed by atoms with van der Waals surface area (Å²) in [5, 5.41) is 3.42. The summed E-state index contributed by atoms with van der Waals surface area (Å²) < 4.78 is 26.4. The predicted octanol–water partition coefficient (Wildman–Crippen LogP) is 3.73. The summed E-state index contributed by atoms with van der Waals surface area (Å²) in [5.41, 5.74) is 0. The Labute approximate surface area is 113 Å². The van der Waals surface area contributed by atoms with Crippen molar-refractivity contribution < 1.29 is 8.78 Å². The Hall–Kier alpha value is -0.970. The number of aromatic nitrogens is 2. The van der Waals surface area contributed by atoms with Crippen molar-refractivity contribution in [1.82, 2.24) is 14.9 Å². The monoisotopic (exact) mass is 271 g/mol. The normalized spacial score (nSPS) is 18.9. The smallest absolute Gasteiger partial charge is 0.307 e. The molecule has 1 aromatic heterocycles. The van der Waals surface area contributed by atoms with E-state index < -0.39 is 6.55 Å². The molecule has 0 radical (unpaired) electrons. The van der Waals surface area contributed by atoms with Crippen molar-refractivity contribution in [3.8, 4) is 0 Å². The first kappa shape index (κ1) is 14.4. The minimum absolute atomic E-state index is 0.420. The molecule has 0 saturated heterocycles. The van der Waals surface area contributed by atoms with E-state index >= 15 is 0 Å². The van der Waals surface area contributed by atoms with Gasteiger partial charge in [-0.25, -0.2) is 4.98 Å². The van der Waals surface area contributed by atoms with Gasteiger partial charge in [-0.3, -0.25) is 4.57 Å². The third kappa shape index (κ3) is 3.75. The van der Waals surface area contributed by atoms with E-state index in [4.69, 9.17) is 0 Å². The lowest BCUT2D eigenvalue weighted by molar-refractivity contribution is 0.0662. The summed E-state index contributed by atoms with van der Waals surface area (Å²) in [6.07, 6.45) is 10.3. The number of halogens is 2. The lowest BCUT2D eigenvalue weighted by Gasteiger charge is -2.30. The van der Waals surface area contributed by atoms with Crippen LogP contribution in [0.4, 0.5) is 8.78 Å². The van der Waals surface area contributed by atoms with Gasteiger partial charge in [0.25, 0.3) is 0 Å². The maximum atomic E-state index is 12.7. The fourth-order valence-electron chi connectivity index (χ4n) is 3.06. The van der Waals surface area contributed by atoms with Crippen molar-refractivity contribution >= 4 is 0 Å². The first-order valence-corrected chi connectivity index (χ1v) is 7.25. The number of hydrogen-bond donors (Lipinski definition) is 1. The molecule has 0 aromatic carbocycles. The largest absolute Gasteiger partial charge is 0.319 e. The number of imidazole rings is 1. The maximum absolute atomic E-state index is 12.7. The fraction of sp³-hybridized carbons (Fsp3) is 0.786. The second-order valence-electron chi connectivity index (χ2n) is 5.32. The minimum atomic E-state index is -2.51. The molecule has 0 spiro atoms. The van der Waals surface area contributed by atoms with Crippen LogP contribution >= 0.6 is 0 Å². The molecule has 1 aliphatic carbocycles. The van der Waals surface area contributed by atoms with E-state index in [1.54, 1.807) is 0 Å². The summed E-state index contributed by atoms with van der Waals surface area (Å²) in [4.78, 5) is 4.01. The molecule has 1 saturated carbocycles. The first-order chi connectivity index (χ1) is 9.22. The number of rotatable bonds is 6. The van der Waals surface area contributed by atoms with Crippen molar-refractivity contribution in [3.63, 3.8) is 0 Å². The van der Waals surface area contributed by atoms with Crippen LogP contribution in [0, 0.1) is 5.92 Å².